The van der Waals surface area contributed by atoms with E-state index in [2.05, 4.69) is 4.74 Å². The topological polar surface area (TPSA) is 61.8 Å². The molecule has 0 amide bonds. The highest BCUT2D eigenvalue weighted by molar-refractivity contribution is 5.95. The highest BCUT2D eigenvalue weighted by atomic mass is 16.5. The van der Waals surface area contributed by atoms with Crippen LogP contribution in [0.3, 0.4) is 0 Å². The van der Waals surface area contributed by atoms with E-state index in [1.165, 1.54) is 14.2 Å². The van der Waals surface area contributed by atoms with Crippen molar-refractivity contribution >= 4 is 11.8 Å². The molecule has 1 unspecified atom stereocenters. The van der Waals surface area contributed by atoms with Gasteiger partial charge in [-0.2, -0.15) is 0 Å². The standard InChI is InChI=1S/C14H22O5/c1-9(6-12(16)18-5)19-13-10(15)7-14(2,3)8-11(13)17-4/h9H,6-8H2,1-5H3. The molecule has 0 fully saturated rings. The van der Waals surface area contributed by atoms with E-state index >= 15 is 0 Å². The van der Waals surface area contributed by atoms with E-state index < -0.39 is 6.10 Å². The van der Waals surface area contributed by atoms with Gasteiger partial charge in [-0.1, -0.05) is 13.8 Å². The van der Waals surface area contributed by atoms with Gasteiger partial charge >= 0.3 is 5.97 Å². The predicted molar refractivity (Wildman–Crippen MR) is 69.2 cm³/mol. The third-order valence-corrected chi connectivity index (χ3v) is 3.03. The molecular weight excluding hydrogens is 248 g/mol. The fraction of sp³-hybridized carbons (Fsp3) is 0.714. The molecule has 0 saturated heterocycles. The van der Waals surface area contributed by atoms with Crippen LogP contribution < -0.4 is 0 Å². The summed E-state index contributed by atoms with van der Waals surface area (Å²) in [7, 11) is 2.85. The van der Waals surface area contributed by atoms with Crippen LogP contribution in [0, 0.1) is 5.41 Å². The number of hydrogen-bond donors (Lipinski definition) is 0. The van der Waals surface area contributed by atoms with Crippen molar-refractivity contribution in [2.75, 3.05) is 14.2 Å². The summed E-state index contributed by atoms with van der Waals surface area (Å²) in [6.45, 7) is 5.75. The van der Waals surface area contributed by atoms with E-state index in [-0.39, 0.29) is 29.3 Å². The van der Waals surface area contributed by atoms with Gasteiger partial charge in [0.15, 0.2) is 5.76 Å². The van der Waals surface area contributed by atoms with Gasteiger partial charge < -0.3 is 14.2 Å². The predicted octanol–water partition coefficient (Wildman–Crippen LogP) is 2.20. The van der Waals surface area contributed by atoms with Crippen molar-refractivity contribution in [2.45, 2.75) is 46.1 Å². The third-order valence-electron chi connectivity index (χ3n) is 3.03. The molecule has 19 heavy (non-hydrogen) atoms. The van der Waals surface area contributed by atoms with Crippen molar-refractivity contribution in [2.24, 2.45) is 5.41 Å². The van der Waals surface area contributed by atoms with Gasteiger partial charge in [-0.15, -0.1) is 0 Å². The number of carbonyl (C=O) groups is 2. The molecule has 5 heteroatoms. The first kappa shape index (κ1) is 15.5. The first-order valence-electron chi connectivity index (χ1n) is 6.33. The van der Waals surface area contributed by atoms with Crippen LogP contribution in [0.4, 0.5) is 0 Å². The van der Waals surface area contributed by atoms with Crippen LogP contribution in [0.25, 0.3) is 0 Å². The number of allylic oxidation sites excluding steroid dienone is 2. The average molecular weight is 270 g/mol. The summed E-state index contributed by atoms with van der Waals surface area (Å²) < 4.78 is 15.4. The Kier molecular flexibility index (Phi) is 4.97. The molecule has 0 aromatic heterocycles. The van der Waals surface area contributed by atoms with Gasteiger partial charge in [0.25, 0.3) is 0 Å². The molecule has 0 heterocycles. The molecule has 1 atom stereocenters. The van der Waals surface area contributed by atoms with Crippen molar-refractivity contribution < 1.29 is 23.8 Å². The van der Waals surface area contributed by atoms with E-state index in [0.717, 1.165) is 0 Å². The summed E-state index contributed by atoms with van der Waals surface area (Å²) in [5.41, 5.74) is -0.124. The lowest BCUT2D eigenvalue weighted by molar-refractivity contribution is -0.143. The first-order valence-corrected chi connectivity index (χ1v) is 6.33. The minimum absolute atomic E-state index is 0.0789. The van der Waals surface area contributed by atoms with E-state index in [9.17, 15) is 9.59 Å². The van der Waals surface area contributed by atoms with Crippen molar-refractivity contribution in [1.82, 2.24) is 0 Å². The zero-order valence-electron chi connectivity index (χ0n) is 12.2. The molecule has 0 aromatic carbocycles. The largest absolute Gasteiger partial charge is 0.497 e. The zero-order chi connectivity index (χ0) is 14.6. The molecule has 0 aromatic rings. The van der Waals surface area contributed by atoms with Crippen LogP contribution in [-0.2, 0) is 23.8 Å². The van der Waals surface area contributed by atoms with Crippen LogP contribution in [0.5, 0.6) is 0 Å². The van der Waals surface area contributed by atoms with Crippen molar-refractivity contribution in [1.29, 1.82) is 0 Å². The SMILES string of the molecule is COC(=O)CC(C)OC1=C(OC)CC(C)(C)CC1=O. The fourth-order valence-corrected chi connectivity index (χ4v) is 2.11. The Morgan fingerprint density at radius 3 is 2.47 bits per heavy atom. The van der Waals surface area contributed by atoms with Crippen LogP contribution in [0.1, 0.15) is 40.0 Å². The Bertz CT molecular complexity index is 395. The summed E-state index contributed by atoms with van der Waals surface area (Å²) in [5, 5.41) is 0. The lowest BCUT2D eigenvalue weighted by Gasteiger charge is -2.31. The highest BCUT2D eigenvalue weighted by Crippen LogP contribution is 2.37. The lowest BCUT2D eigenvalue weighted by atomic mass is 9.79. The normalized spacial score (nSPS) is 19.9. The Hall–Kier alpha value is -1.52. The molecule has 0 aliphatic heterocycles. The van der Waals surface area contributed by atoms with Crippen LogP contribution in [0.2, 0.25) is 0 Å². The monoisotopic (exact) mass is 270 g/mol. The molecule has 0 spiro atoms. The van der Waals surface area contributed by atoms with Crippen LogP contribution >= 0.6 is 0 Å². The number of ether oxygens (including phenoxy) is 3. The Morgan fingerprint density at radius 2 is 1.95 bits per heavy atom. The molecule has 5 nitrogen and oxygen atoms in total. The molecule has 0 radical (unpaired) electrons. The molecule has 1 aliphatic rings. The Morgan fingerprint density at radius 1 is 1.32 bits per heavy atom. The van der Waals surface area contributed by atoms with Gasteiger partial charge in [0.1, 0.15) is 11.9 Å². The maximum atomic E-state index is 12.1. The van der Waals surface area contributed by atoms with Crippen LogP contribution in [-0.4, -0.2) is 32.1 Å². The van der Waals surface area contributed by atoms with Gasteiger partial charge in [-0.3, -0.25) is 9.59 Å². The maximum absolute atomic E-state index is 12.1. The number of Topliss-reactive ketones (excluding diaryl/α,β-unsaturated/α-hetero) is 1. The Labute approximate surface area is 113 Å². The molecule has 0 bridgehead atoms. The summed E-state index contributed by atoms with van der Waals surface area (Å²) in [4.78, 5) is 23.3. The van der Waals surface area contributed by atoms with E-state index in [0.29, 0.717) is 18.6 Å². The second-order valence-electron chi connectivity index (χ2n) is 5.61. The average Bonchev–Trinajstić information content (AvgIpc) is 2.31. The summed E-state index contributed by atoms with van der Waals surface area (Å²) in [6.07, 6.45) is 0.751. The number of methoxy groups -OCH3 is 2. The number of esters is 1. The number of hydrogen-bond acceptors (Lipinski definition) is 5. The Balaban J connectivity index is 2.81. The van der Waals surface area contributed by atoms with Gasteiger partial charge in [0.2, 0.25) is 5.78 Å². The first-order chi connectivity index (χ1) is 8.79. The molecule has 108 valence electrons. The lowest BCUT2D eigenvalue weighted by Crippen LogP contribution is -2.29. The van der Waals surface area contributed by atoms with Crippen molar-refractivity contribution in [3.05, 3.63) is 11.5 Å². The molecule has 1 rings (SSSR count). The quantitative estimate of drug-likeness (QED) is 0.717. The van der Waals surface area contributed by atoms with Gasteiger partial charge in [0.05, 0.1) is 20.6 Å². The third kappa shape index (κ3) is 4.26. The van der Waals surface area contributed by atoms with Gasteiger partial charge in [-0.25, -0.2) is 0 Å². The molecule has 1 aliphatic carbocycles. The van der Waals surface area contributed by atoms with Crippen molar-refractivity contribution in [3.8, 4) is 0 Å². The summed E-state index contributed by atoms with van der Waals surface area (Å²) in [5.74, 6) is 0.358. The van der Waals surface area contributed by atoms with Crippen molar-refractivity contribution in [3.63, 3.8) is 0 Å². The highest BCUT2D eigenvalue weighted by Gasteiger charge is 2.35. The van der Waals surface area contributed by atoms with E-state index in [1.807, 2.05) is 13.8 Å². The second kappa shape index (κ2) is 6.08. The van der Waals surface area contributed by atoms with Gasteiger partial charge in [-0.05, 0) is 12.3 Å². The molecule has 0 N–H and O–H groups in total. The zero-order valence-corrected chi connectivity index (χ0v) is 12.2. The van der Waals surface area contributed by atoms with E-state index in [1.54, 1.807) is 6.92 Å². The maximum Gasteiger partial charge on any atom is 0.309 e. The summed E-state index contributed by atoms with van der Waals surface area (Å²) in [6, 6.07) is 0. The minimum atomic E-state index is -0.419. The fourth-order valence-electron chi connectivity index (χ4n) is 2.11. The number of ketones is 1. The molecular formula is C14H22O5. The van der Waals surface area contributed by atoms with E-state index in [4.69, 9.17) is 9.47 Å². The van der Waals surface area contributed by atoms with Crippen LogP contribution in [0.15, 0.2) is 11.5 Å². The van der Waals surface area contributed by atoms with Gasteiger partial charge in [0, 0.05) is 12.8 Å². The summed E-state index contributed by atoms with van der Waals surface area (Å²) >= 11 is 0. The second-order valence-corrected chi connectivity index (χ2v) is 5.61. The number of rotatable bonds is 5. The number of carbonyl (C=O) groups excluding carboxylic acids is 2. The molecule has 0 saturated carbocycles. The smallest absolute Gasteiger partial charge is 0.309 e. The minimum Gasteiger partial charge on any atom is -0.497 e.